The van der Waals surface area contributed by atoms with Gasteiger partial charge in [-0.15, -0.1) is 0 Å². The Bertz CT molecular complexity index is 1310. The molecule has 174 valence electrons. The third kappa shape index (κ3) is 4.05. The van der Waals surface area contributed by atoms with Crippen molar-refractivity contribution < 1.29 is 13.2 Å². The number of benzene rings is 1. The van der Waals surface area contributed by atoms with Crippen LogP contribution in [-0.4, -0.2) is 37.0 Å². The number of hydrogen-bond donors (Lipinski definition) is 2. The van der Waals surface area contributed by atoms with E-state index < -0.39 is 5.92 Å². The lowest BCUT2D eigenvalue weighted by Gasteiger charge is -2.28. The van der Waals surface area contributed by atoms with Crippen LogP contribution in [-0.2, 0) is 0 Å². The number of imidazole rings is 1. The van der Waals surface area contributed by atoms with Gasteiger partial charge in [0.15, 0.2) is 5.82 Å². The molecule has 1 saturated carbocycles. The van der Waals surface area contributed by atoms with E-state index in [1.54, 1.807) is 12.4 Å². The molecule has 1 aromatic carbocycles. The average Bonchev–Trinajstić information content (AvgIpc) is 3.33. The van der Waals surface area contributed by atoms with Gasteiger partial charge in [-0.3, -0.25) is 0 Å². The number of nitrogens with one attached hydrogen (secondary N) is 2. The Balaban J connectivity index is 1.41. The molecule has 0 atom stereocenters. The van der Waals surface area contributed by atoms with Crippen molar-refractivity contribution >= 4 is 28.0 Å². The summed E-state index contributed by atoms with van der Waals surface area (Å²) in [5, 5.41) is 3.96. The van der Waals surface area contributed by atoms with E-state index in [0.29, 0.717) is 36.5 Å². The van der Waals surface area contributed by atoms with Crippen LogP contribution in [0.15, 0.2) is 24.5 Å². The molecule has 0 saturated heterocycles. The molecular formula is C24H27F3N6. The van der Waals surface area contributed by atoms with Crippen molar-refractivity contribution in [3.05, 3.63) is 36.2 Å². The first-order valence-corrected chi connectivity index (χ1v) is 11.4. The quantitative estimate of drug-likeness (QED) is 0.373. The van der Waals surface area contributed by atoms with Gasteiger partial charge in [-0.2, -0.15) is 4.98 Å². The van der Waals surface area contributed by atoms with Crippen molar-refractivity contribution in [1.29, 1.82) is 0 Å². The van der Waals surface area contributed by atoms with Crippen LogP contribution in [0, 0.1) is 18.7 Å². The van der Waals surface area contributed by atoms with Gasteiger partial charge in [0.2, 0.25) is 11.9 Å². The van der Waals surface area contributed by atoms with Gasteiger partial charge in [-0.1, -0.05) is 0 Å². The number of halogens is 3. The fraction of sp³-hybridized carbons (Fsp3) is 0.458. The van der Waals surface area contributed by atoms with Crippen LogP contribution in [0.4, 0.5) is 19.1 Å². The highest BCUT2D eigenvalue weighted by Gasteiger charge is 2.34. The Morgan fingerprint density at radius 3 is 2.70 bits per heavy atom. The lowest BCUT2D eigenvalue weighted by atomic mass is 9.87. The summed E-state index contributed by atoms with van der Waals surface area (Å²) < 4.78 is 43.6. The van der Waals surface area contributed by atoms with E-state index in [1.165, 1.54) is 6.07 Å². The van der Waals surface area contributed by atoms with E-state index in [9.17, 15) is 13.2 Å². The number of anilines is 1. The number of aromatic nitrogens is 5. The SMILES string of the molecule is Cc1nc2c(F)cc(-c3c[nH]c4nc(NCC5CCC(F)(F)CC5)ncc34)cc2n1C(C)C. The number of fused-ring (bicyclic) bond motifs is 2. The Morgan fingerprint density at radius 2 is 1.97 bits per heavy atom. The Morgan fingerprint density at radius 1 is 1.21 bits per heavy atom. The summed E-state index contributed by atoms with van der Waals surface area (Å²) in [5.74, 6) is -1.48. The summed E-state index contributed by atoms with van der Waals surface area (Å²) >= 11 is 0. The zero-order chi connectivity index (χ0) is 23.3. The van der Waals surface area contributed by atoms with Crippen molar-refractivity contribution in [2.24, 2.45) is 5.92 Å². The largest absolute Gasteiger partial charge is 0.354 e. The Hall–Kier alpha value is -3.10. The first kappa shape index (κ1) is 21.7. The standard InChI is InChI=1S/C24H27F3N6/c1-13(2)33-14(3)31-21-19(25)8-16(9-20(21)33)17-11-28-22-18(17)12-30-23(32-22)29-10-15-4-6-24(26,27)7-5-15/h8-9,11-13,15H,4-7,10H2,1-3H3,(H2,28,29,30,32). The Kier molecular flexibility index (Phi) is 5.29. The first-order valence-electron chi connectivity index (χ1n) is 11.4. The molecule has 0 unspecified atom stereocenters. The van der Waals surface area contributed by atoms with E-state index in [2.05, 4.69) is 25.3 Å². The number of aromatic amines is 1. The molecule has 1 aliphatic rings. The lowest BCUT2D eigenvalue weighted by molar-refractivity contribution is -0.0443. The highest BCUT2D eigenvalue weighted by atomic mass is 19.3. The molecule has 0 bridgehead atoms. The Labute approximate surface area is 189 Å². The molecule has 6 nitrogen and oxygen atoms in total. The molecule has 4 aromatic rings. The minimum atomic E-state index is -2.53. The number of rotatable bonds is 5. The molecular weight excluding hydrogens is 429 g/mol. The number of hydrogen-bond acceptors (Lipinski definition) is 4. The molecule has 1 fully saturated rings. The highest BCUT2D eigenvalue weighted by molar-refractivity contribution is 5.96. The summed E-state index contributed by atoms with van der Waals surface area (Å²) in [7, 11) is 0. The van der Waals surface area contributed by atoms with Crippen LogP contribution >= 0.6 is 0 Å². The normalized spacial score (nSPS) is 16.8. The fourth-order valence-corrected chi connectivity index (χ4v) is 4.85. The first-order chi connectivity index (χ1) is 15.7. The van der Waals surface area contributed by atoms with Crippen LogP contribution in [0.2, 0.25) is 0 Å². The minimum Gasteiger partial charge on any atom is -0.354 e. The predicted molar refractivity (Wildman–Crippen MR) is 123 cm³/mol. The number of H-pyrrole nitrogens is 1. The van der Waals surface area contributed by atoms with Gasteiger partial charge in [0, 0.05) is 48.8 Å². The van der Waals surface area contributed by atoms with E-state index >= 15 is 0 Å². The summed E-state index contributed by atoms with van der Waals surface area (Å²) in [6.07, 6.45) is 4.38. The molecule has 0 aliphatic heterocycles. The molecule has 1 aliphatic carbocycles. The van der Waals surface area contributed by atoms with Gasteiger partial charge in [0.25, 0.3) is 0 Å². The number of nitrogens with zero attached hydrogens (tertiary/aromatic N) is 4. The average molecular weight is 457 g/mol. The molecule has 5 rings (SSSR count). The lowest BCUT2D eigenvalue weighted by Crippen LogP contribution is -2.28. The van der Waals surface area contributed by atoms with Crippen LogP contribution in [0.3, 0.4) is 0 Å². The van der Waals surface area contributed by atoms with Crippen LogP contribution < -0.4 is 5.32 Å². The minimum absolute atomic E-state index is 0.0602. The van der Waals surface area contributed by atoms with Crippen molar-refractivity contribution in [1.82, 2.24) is 24.5 Å². The number of alkyl halides is 2. The highest BCUT2D eigenvalue weighted by Crippen LogP contribution is 2.36. The van der Waals surface area contributed by atoms with Crippen molar-refractivity contribution in [2.45, 2.75) is 58.4 Å². The van der Waals surface area contributed by atoms with Crippen molar-refractivity contribution in [3.8, 4) is 11.1 Å². The summed E-state index contributed by atoms with van der Waals surface area (Å²) in [6, 6.07) is 3.60. The van der Waals surface area contributed by atoms with Gasteiger partial charge in [0.05, 0.1) is 5.52 Å². The maximum atomic E-state index is 14.9. The molecule has 3 aromatic heterocycles. The molecule has 0 radical (unpaired) electrons. The summed E-state index contributed by atoms with van der Waals surface area (Å²) in [4.78, 5) is 16.5. The van der Waals surface area contributed by atoms with E-state index in [0.717, 1.165) is 27.9 Å². The molecule has 3 heterocycles. The molecule has 0 amide bonds. The van der Waals surface area contributed by atoms with Crippen molar-refractivity contribution in [3.63, 3.8) is 0 Å². The maximum absolute atomic E-state index is 14.9. The second kappa shape index (κ2) is 8.04. The van der Waals surface area contributed by atoms with Gasteiger partial charge < -0.3 is 14.9 Å². The van der Waals surface area contributed by atoms with Gasteiger partial charge in [-0.25, -0.2) is 23.1 Å². The van der Waals surface area contributed by atoms with Gasteiger partial charge in [0.1, 0.15) is 17.0 Å². The van der Waals surface area contributed by atoms with Crippen LogP contribution in [0.5, 0.6) is 0 Å². The van der Waals surface area contributed by atoms with Gasteiger partial charge >= 0.3 is 0 Å². The summed E-state index contributed by atoms with van der Waals surface area (Å²) in [6.45, 7) is 6.54. The monoisotopic (exact) mass is 456 g/mol. The smallest absolute Gasteiger partial charge is 0.248 e. The number of aryl methyl sites for hydroxylation is 1. The zero-order valence-corrected chi connectivity index (χ0v) is 18.9. The molecule has 0 spiro atoms. The molecule has 2 N–H and O–H groups in total. The van der Waals surface area contributed by atoms with E-state index in [4.69, 9.17) is 0 Å². The predicted octanol–water partition coefficient (Wildman–Crippen LogP) is 6.24. The fourth-order valence-electron chi connectivity index (χ4n) is 4.85. The van der Waals surface area contributed by atoms with Crippen LogP contribution in [0.1, 0.15) is 51.4 Å². The van der Waals surface area contributed by atoms with Crippen LogP contribution in [0.25, 0.3) is 33.2 Å². The molecule has 33 heavy (non-hydrogen) atoms. The van der Waals surface area contributed by atoms with Crippen molar-refractivity contribution in [2.75, 3.05) is 11.9 Å². The van der Waals surface area contributed by atoms with E-state index in [-0.39, 0.29) is 30.6 Å². The topological polar surface area (TPSA) is 71.4 Å². The zero-order valence-electron chi connectivity index (χ0n) is 18.9. The summed E-state index contributed by atoms with van der Waals surface area (Å²) in [5.41, 5.74) is 3.28. The van der Waals surface area contributed by atoms with Gasteiger partial charge in [-0.05, 0) is 57.2 Å². The van der Waals surface area contributed by atoms with E-state index in [1.807, 2.05) is 31.4 Å². The second-order valence-electron chi connectivity index (χ2n) is 9.29. The third-order valence-corrected chi connectivity index (χ3v) is 6.57. The third-order valence-electron chi connectivity index (χ3n) is 6.57. The maximum Gasteiger partial charge on any atom is 0.248 e. The second-order valence-corrected chi connectivity index (χ2v) is 9.29. The molecule has 9 heteroatoms.